The average molecular weight is 367 g/mol. The van der Waals surface area contributed by atoms with Crippen LogP contribution in [0.3, 0.4) is 0 Å². The molecule has 0 spiro atoms. The van der Waals surface area contributed by atoms with Crippen molar-refractivity contribution in [2.45, 2.75) is 26.3 Å². The third-order valence-corrected chi connectivity index (χ3v) is 4.93. The summed E-state index contributed by atoms with van der Waals surface area (Å²) < 4.78 is 5.60. The third-order valence-electron chi connectivity index (χ3n) is 4.93. The number of ether oxygens (including phenoxy) is 1. The fourth-order valence-corrected chi connectivity index (χ4v) is 3.47. The molecule has 144 valence electrons. The maximum atomic E-state index is 12.7. The highest BCUT2D eigenvalue weighted by molar-refractivity contribution is 5.93. The van der Waals surface area contributed by atoms with Gasteiger partial charge in [0.15, 0.2) is 0 Å². The molecule has 5 nitrogen and oxygen atoms in total. The predicted molar refractivity (Wildman–Crippen MR) is 109 cm³/mol. The number of anilines is 1. The summed E-state index contributed by atoms with van der Waals surface area (Å²) in [5, 5.41) is 6.45. The molecule has 1 atom stereocenters. The van der Waals surface area contributed by atoms with Crippen LogP contribution in [0.2, 0.25) is 0 Å². The van der Waals surface area contributed by atoms with Gasteiger partial charge in [0, 0.05) is 25.7 Å². The summed E-state index contributed by atoms with van der Waals surface area (Å²) in [7, 11) is 0. The maximum Gasteiger partial charge on any atom is 0.238 e. The maximum absolute atomic E-state index is 12.7. The number of rotatable bonds is 7. The highest BCUT2D eigenvalue weighted by Crippen LogP contribution is 2.25. The van der Waals surface area contributed by atoms with Gasteiger partial charge in [0.05, 0.1) is 18.8 Å². The highest BCUT2D eigenvalue weighted by Gasteiger charge is 2.25. The molecule has 0 saturated carbocycles. The summed E-state index contributed by atoms with van der Waals surface area (Å²) in [6.07, 6.45) is 1.04. The second-order valence-electron chi connectivity index (χ2n) is 6.76. The largest absolute Gasteiger partial charge is 0.492 e. The molecule has 1 aliphatic rings. The van der Waals surface area contributed by atoms with Gasteiger partial charge in [0.2, 0.25) is 5.91 Å². The molecule has 0 bridgehead atoms. The Hall–Kier alpha value is -2.37. The van der Waals surface area contributed by atoms with E-state index >= 15 is 0 Å². The zero-order valence-corrected chi connectivity index (χ0v) is 16.2. The summed E-state index contributed by atoms with van der Waals surface area (Å²) >= 11 is 0. The Balaban J connectivity index is 1.67. The quantitative estimate of drug-likeness (QED) is 0.789. The Kier molecular flexibility index (Phi) is 6.85. The molecule has 0 aromatic heterocycles. The van der Waals surface area contributed by atoms with E-state index in [0.717, 1.165) is 31.7 Å². The van der Waals surface area contributed by atoms with Crippen molar-refractivity contribution in [3.63, 3.8) is 0 Å². The topological polar surface area (TPSA) is 53.6 Å². The van der Waals surface area contributed by atoms with E-state index in [9.17, 15) is 4.79 Å². The third kappa shape index (κ3) is 5.08. The van der Waals surface area contributed by atoms with Crippen LogP contribution in [0.15, 0.2) is 48.5 Å². The van der Waals surface area contributed by atoms with Gasteiger partial charge in [0.25, 0.3) is 0 Å². The van der Waals surface area contributed by atoms with Crippen molar-refractivity contribution >= 4 is 11.6 Å². The molecule has 0 radical (unpaired) electrons. The Morgan fingerprint density at radius 1 is 1.19 bits per heavy atom. The van der Waals surface area contributed by atoms with Crippen LogP contribution in [0.1, 0.15) is 31.0 Å². The number of carbonyl (C=O) groups excluding carboxylic acids is 1. The van der Waals surface area contributed by atoms with E-state index in [0.29, 0.717) is 18.9 Å². The first kappa shape index (κ1) is 19.4. The second kappa shape index (κ2) is 9.53. The lowest BCUT2D eigenvalue weighted by Gasteiger charge is -2.36. The molecule has 2 aromatic rings. The lowest BCUT2D eigenvalue weighted by Crippen LogP contribution is -2.48. The fraction of sp³-hybridized carbons (Fsp3) is 0.409. The van der Waals surface area contributed by atoms with Crippen molar-refractivity contribution in [1.82, 2.24) is 10.2 Å². The molecule has 1 amide bonds. The molecule has 2 N–H and O–H groups in total. The van der Waals surface area contributed by atoms with Gasteiger partial charge in [-0.15, -0.1) is 0 Å². The minimum Gasteiger partial charge on any atom is -0.492 e. The molecule has 1 fully saturated rings. The van der Waals surface area contributed by atoms with Crippen molar-refractivity contribution in [3.05, 3.63) is 59.7 Å². The van der Waals surface area contributed by atoms with Gasteiger partial charge >= 0.3 is 0 Å². The highest BCUT2D eigenvalue weighted by atomic mass is 16.5. The summed E-state index contributed by atoms with van der Waals surface area (Å²) in [5.74, 6) is 0.694. The molecule has 1 unspecified atom stereocenters. The van der Waals surface area contributed by atoms with Crippen LogP contribution >= 0.6 is 0 Å². The van der Waals surface area contributed by atoms with Gasteiger partial charge in [-0.2, -0.15) is 0 Å². The number of amides is 1. The molecular formula is C22H29N3O2. The first-order valence-corrected chi connectivity index (χ1v) is 9.76. The smallest absolute Gasteiger partial charge is 0.238 e. The number of aryl methyl sites for hydroxylation is 1. The number of para-hydroxylation sites is 2. The van der Waals surface area contributed by atoms with Gasteiger partial charge < -0.3 is 15.4 Å². The standard InChI is InChI=1S/C22H29N3O2/c1-3-17-9-11-18(12-10-17)20-15-23-13-14-25(20)16-22(26)24-19-7-5-6-8-21(19)27-4-2/h5-12,20,23H,3-4,13-16H2,1-2H3,(H,24,26). The van der Waals surface area contributed by atoms with Crippen LogP contribution < -0.4 is 15.4 Å². The van der Waals surface area contributed by atoms with E-state index in [1.54, 1.807) is 0 Å². The van der Waals surface area contributed by atoms with Crippen molar-refractivity contribution in [2.24, 2.45) is 0 Å². The van der Waals surface area contributed by atoms with Crippen LogP contribution in [0.5, 0.6) is 5.75 Å². The number of piperazine rings is 1. The van der Waals surface area contributed by atoms with Gasteiger partial charge in [-0.3, -0.25) is 9.69 Å². The lowest BCUT2D eigenvalue weighted by molar-refractivity contribution is -0.118. The molecule has 2 aromatic carbocycles. The zero-order valence-electron chi connectivity index (χ0n) is 16.2. The Labute approximate surface area is 161 Å². The van der Waals surface area contributed by atoms with Gasteiger partial charge in [0.1, 0.15) is 5.75 Å². The molecule has 3 rings (SSSR count). The predicted octanol–water partition coefficient (Wildman–Crippen LogP) is 3.23. The van der Waals surface area contributed by atoms with E-state index in [2.05, 4.69) is 46.7 Å². The molecular weight excluding hydrogens is 338 g/mol. The number of nitrogens with zero attached hydrogens (tertiary/aromatic N) is 1. The van der Waals surface area contributed by atoms with Crippen molar-refractivity contribution in [3.8, 4) is 5.75 Å². The number of carbonyl (C=O) groups is 1. The van der Waals surface area contributed by atoms with Gasteiger partial charge in [-0.25, -0.2) is 0 Å². The van der Waals surface area contributed by atoms with E-state index in [4.69, 9.17) is 4.74 Å². The van der Waals surface area contributed by atoms with Crippen LogP contribution in [-0.4, -0.2) is 43.6 Å². The monoisotopic (exact) mass is 367 g/mol. The van der Waals surface area contributed by atoms with Crippen LogP contribution in [0.4, 0.5) is 5.69 Å². The minimum absolute atomic E-state index is 0.0146. The van der Waals surface area contributed by atoms with Crippen molar-refractivity contribution in [1.29, 1.82) is 0 Å². The Bertz CT molecular complexity index is 745. The summed E-state index contributed by atoms with van der Waals surface area (Å²) in [6, 6.07) is 16.5. The van der Waals surface area contributed by atoms with Gasteiger partial charge in [-0.05, 0) is 36.6 Å². The first-order chi connectivity index (χ1) is 13.2. The van der Waals surface area contributed by atoms with E-state index < -0.39 is 0 Å². The number of hydrogen-bond acceptors (Lipinski definition) is 4. The summed E-state index contributed by atoms with van der Waals surface area (Å²) in [6.45, 7) is 7.63. The number of nitrogens with one attached hydrogen (secondary N) is 2. The minimum atomic E-state index is -0.0146. The van der Waals surface area contributed by atoms with Crippen molar-refractivity contribution < 1.29 is 9.53 Å². The molecule has 1 aliphatic heterocycles. The van der Waals surface area contributed by atoms with Gasteiger partial charge in [-0.1, -0.05) is 43.3 Å². The second-order valence-corrected chi connectivity index (χ2v) is 6.76. The Morgan fingerprint density at radius 2 is 1.96 bits per heavy atom. The van der Waals surface area contributed by atoms with Crippen molar-refractivity contribution in [2.75, 3.05) is 38.1 Å². The van der Waals surface area contributed by atoms with E-state index in [1.807, 2.05) is 31.2 Å². The SMILES string of the molecule is CCOc1ccccc1NC(=O)CN1CCNCC1c1ccc(CC)cc1. The van der Waals surface area contributed by atoms with E-state index in [1.165, 1.54) is 11.1 Å². The normalized spacial score (nSPS) is 17.5. The molecule has 27 heavy (non-hydrogen) atoms. The number of benzene rings is 2. The average Bonchev–Trinajstić information content (AvgIpc) is 2.70. The fourth-order valence-electron chi connectivity index (χ4n) is 3.47. The Morgan fingerprint density at radius 3 is 2.70 bits per heavy atom. The number of hydrogen-bond donors (Lipinski definition) is 2. The molecule has 5 heteroatoms. The molecule has 0 aliphatic carbocycles. The molecule has 1 saturated heterocycles. The zero-order chi connectivity index (χ0) is 19.1. The first-order valence-electron chi connectivity index (χ1n) is 9.76. The van der Waals surface area contributed by atoms with Crippen LogP contribution in [0.25, 0.3) is 0 Å². The lowest BCUT2D eigenvalue weighted by atomic mass is 10.0. The summed E-state index contributed by atoms with van der Waals surface area (Å²) in [4.78, 5) is 14.9. The van der Waals surface area contributed by atoms with E-state index in [-0.39, 0.29) is 11.9 Å². The summed E-state index contributed by atoms with van der Waals surface area (Å²) in [5.41, 5.74) is 3.31. The van der Waals surface area contributed by atoms with Crippen LogP contribution in [0, 0.1) is 0 Å². The van der Waals surface area contributed by atoms with Crippen LogP contribution in [-0.2, 0) is 11.2 Å². The molecule has 1 heterocycles.